The molecule has 1 aliphatic rings. The number of hydrogen-bond acceptors (Lipinski definition) is 10. The van der Waals surface area contributed by atoms with E-state index >= 15 is 0 Å². The van der Waals surface area contributed by atoms with E-state index in [-0.39, 0.29) is 11.6 Å². The second-order valence-corrected chi connectivity index (χ2v) is 33.0. The third-order valence-corrected chi connectivity index (χ3v) is 14.0. The monoisotopic (exact) mass is 1100 g/mol. The number of nitrogens with zero attached hydrogens (tertiary/aromatic N) is 7. The molecule has 0 amide bonds. The van der Waals surface area contributed by atoms with E-state index in [0.717, 1.165) is 121 Å². The zero-order valence-electron chi connectivity index (χ0n) is 46.3. The zero-order valence-corrected chi connectivity index (χ0v) is 49.2. The number of carbonyl (C=O) groups is 2. The molecule has 13 nitrogen and oxygen atoms in total. The standard InChI is InChI=1S/C26H34N4O2.C26H33NO2.C4H8O.3CH3.N3.Sn/c1-6-9-20-15-22(23(31)8-3)16-21(10-7-2)24(20)32-25(26-27-29-30-28-26)19-13-11-18(12-14-19)17(4)5;1-6-9-21-15-23(24(28)8-3)16-22(10-7-2)26(21)29-25(17-27)20-13-11-19(12-14-20)18(4)5;1-2-4-5-3-1;;;;1-3-2;/h11-17,25H,6-10H2,1-5H3,(H,27,28,29,30);11-16,18,25H,6-10H2,1-5H3;1-4H2;3*1H3;;/q;;;;;;-1;+1. The molecule has 0 saturated carbocycles. The molecular formula is C59H84N8O5Sn. The van der Waals surface area contributed by atoms with Gasteiger partial charge in [-0.15, -0.1) is 10.2 Å². The van der Waals surface area contributed by atoms with Crippen molar-refractivity contribution in [1.82, 2.24) is 20.6 Å². The van der Waals surface area contributed by atoms with Crippen LogP contribution in [-0.2, 0) is 30.4 Å². The Morgan fingerprint density at radius 2 is 1.08 bits per heavy atom. The van der Waals surface area contributed by atoms with E-state index in [1.54, 1.807) is 0 Å². The molecule has 1 aliphatic heterocycles. The number of ketones is 2. The average Bonchev–Trinajstić information content (AvgIpc) is 4.15. The van der Waals surface area contributed by atoms with Crippen molar-refractivity contribution in [3.8, 4) is 17.6 Å². The van der Waals surface area contributed by atoms with Crippen molar-refractivity contribution in [3.63, 3.8) is 0 Å². The number of benzene rings is 4. The summed E-state index contributed by atoms with van der Waals surface area (Å²) in [6.45, 7) is 23.0. The summed E-state index contributed by atoms with van der Waals surface area (Å²) in [5.41, 5.74) is 17.9. The molecule has 4 aromatic carbocycles. The number of hydrogen-bond donors (Lipinski definition) is 1. The molecule has 1 aromatic heterocycles. The van der Waals surface area contributed by atoms with Crippen LogP contribution in [0.15, 0.2) is 76.1 Å². The summed E-state index contributed by atoms with van der Waals surface area (Å²) in [5.74, 6) is 3.30. The molecule has 1 N–H and O–H groups in total. The fourth-order valence-corrected chi connectivity index (χ4v) is 8.84. The summed E-state index contributed by atoms with van der Waals surface area (Å²) < 4.78 is 21.6. The van der Waals surface area contributed by atoms with Crippen LogP contribution in [0, 0.1) is 11.3 Å². The molecule has 2 unspecified atom stereocenters. The van der Waals surface area contributed by atoms with Crippen LogP contribution in [0.3, 0.4) is 0 Å². The van der Waals surface area contributed by atoms with Crippen LogP contribution in [0.2, 0.25) is 14.8 Å². The Balaban J connectivity index is 0.000000314. The second-order valence-electron chi connectivity index (χ2n) is 20.0. The number of Topliss-reactive ketones (excluding diaryl/α,β-unsaturated/α-hetero) is 2. The molecule has 0 radical (unpaired) electrons. The molecule has 1 fully saturated rings. The first-order chi connectivity index (χ1) is 35.0. The van der Waals surface area contributed by atoms with Gasteiger partial charge in [-0.1, -0.05) is 149 Å². The fourth-order valence-electron chi connectivity index (χ4n) is 8.07. The summed E-state index contributed by atoms with van der Waals surface area (Å²) in [7, 11) is 0. The van der Waals surface area contributed by atoms with E-state index in [4.69, 9.17) is 19.7 Å². The first-order valence-electron chi connectivity index (χ1n) is 26.7. The Labute approximate surface area is 441 Å². The van der Waals surface area contributed by atoms with Gasteiger partial charge in [0.05, 0.1) is 0 Å². The Hall–Kier alpha value is -5.55. The summed E-state index contributed by atoms with van der Waals surface area (Å²) >= 11 is -2.07. The van der Waals surface area contributed by atoms with Gasteiger partial charge in [0.1, 0.15) is 17.6 Å². The maximum atomic E-state index is 12.5. The predicted octanol–water partition coefficient (Wildman–Crippen LogP) is 15.9. The van der Waals surface area contributed by atoms with Gasteiger partial charge in [-0.2, -0.15) is 10.5 Å². The minimum absolute atomic E-state index is 0.146. The maximum absolute atomic E-state index is 12.5. The normalized spacial score (nSPS) is 12.7. The Kier molecular flexibility index (Phi) is 27.6. The Bertz CT molecular complexity index is 2460. The van der Waals surface area contributed by atoms with Crippen molar-refractivity contribution in [1.29, 1.82) is 5.26 Å². The molecule has 394 valence electrons. The van der Waals surface area contributed by atoms with Crippen molar-refractivity contribution < 1.29 is 23.8 Å². The Morgan fingerprint density at radius 3 is 1.37 bits per heavy atom. The average molecular weight is 1100 g/mol. The van der Waals surface area contributed by atoms with Gasteiger partial charge in [0.15, 0.2) is 17.7 Å². The van der Waals surface area contributed by atoms with Gasteiger partial charge in [0.25, 0.3) is 0 Å². The molecule has 14 heteroatoms. The Morgan fingerprint density at radius 1 is 0.685 bits per heavy atom. The van der Waals surface area contributed by atoms with E-state index in [9.17, 15) is 14.9 Å². The van der Waals surface area contributed by atoms with Crippen molar-refractivity contribution in [3.05, 3.63) is 145 Å². The number of nitriles is 1. The first kappa shape index (κ1) is 61.7. The quantitative estimate of drug-likeness (QED) is 0.0231. The molecular weight excluding hydrogens is 1020 g/mol. The first-order valence-corrected chi connectivity index (χ1v) is 36.5. The number of azide groups is 1. The molecule has 0 aliphatic carbocycles. The molecule has 73 heavy (non-hydrogen) atoms. The van der Waals surface area contributed by atoms with E-state index in [1.807, 2.05) is 50.2 Å². The fraction of sp³-hybridized carbons (Fsp3) is 0.525. The molecule has 0 bridgehead atoms. The van der Waals surface area contributed by atoms with Crippen LogP contribution < -0.4 is 9.47 Å². The van der Waals surface area contributed by atoms with Crippen LogP contribution in [0.4, 0.5) is 0 Å². The minimum atomic E-state index is -2.07. The predicted molar refractivity (Wildman–Crippen MR) is 297 cm³/mol. The van der Waals surface area contributed by atoms with E-state index in [1.165, 1.54) is 24.0 Å². The number of tetrazole rings is 1. The summed E-state index contributed by atoms with van der Waals surface area (Å²) in [6, 6.07) is 26.7. The van der Waals surface area contributed by atoms with Crippen molar-refractivity contribution in [2.45, 2.75) is 185 Å². The van der Waals surface area contributed by atoms with Gasteiger partial charge in [0.2, 0.25) is 11.9 Å². The number of aryl methyl sites for hydroxylation is 4. The molecule has 2 atom stereocenters. The molecule has 2 heterocycles. The molecule has 0 spiro atoms. The number of H-pyrrole nitrogens is 1. The van der Waals surface area contributed by atoms with Crippen LogP contribution in [0.25, 0.3) is 10.4 Å². The van der Waals surface area contributed by atoms with Gasteiger partial charge < -0.3 is 14.2 Å². The van der Waals surface area contributed by atoms with Crippen molar-refractivity contribution >= 4 is 30.2 Å². The van der Waals surface area contributed by atoms with E-state index in [2.05, 4.69) is 142 Å². The second kappa shape index (κ2) is 32.6. The van der Waals surface area contributed by atoms with Gasteiger partial charge in [-0.3, -0.25) is 9.59 Å². The van der Waals surface area contributed by atoms with Gasteiger partial charge in [-0.25, -0.2) is 0 Å². The van der Waals surface area contributed by atoms with E-state index in [0.29, 0.717) is 30.5 Å². The van der Waals surface area contributed by atoms with Crippen LogP contribution in [0.5, 0.6) is 11.5 Å². The number of carbonyl (C=O) groups excluding carboxylic acids is 2. The number of nitrogens with one attached hydrogen (secondary N) is 1. The van der Waals surface area contributed by atoms with Gasteiger partial charge in [0, 0.05) is 48.3 Å². The number of rotatable bonds is 22. The number of aromatic amines is 1. The van der Waals surface area contributed by atoms with Crippen LogP contribution in [-0.4, -0.2) is 64.1 Å². The molecule has 6 rings (SSSR count). The van der Waals surface area contributed by atoms with Crippen LogP contribution in [0.1, 0.15) is 216 Å². The third-order valence-electron chi connectivity index (χ3n) is 12.0. The summed E-state index contributed by atoms with van der Waals surface area (Å²) in [6.07, 6.45) is 9.50. The van der Waals surface area contributed by atoms with E-state index < -0.39 is 30.9 Å². The third kappa shape index (κ3) is 20.4. The van der Waals surface area contributed by atoms with Crippen molar-refractivity contribution in [2.75, 3.05) is 13.2 Å². The van der Waals surface area contributed by atoms with Gasteiger partial charge >= 0.3 is 47.2 Å². The number of ether oxygens (including phenoxy) is 3. The summed E-state index contributed by atoms with van der Waals surface area (Å²) in [5, 5.41) is 24.6. The molecule has 5 aromatic rings. The van der Waals surface area contributed by atoms with Crippen LogP contribution >= 0.6 is 0 Å². The van der Waals surface area contributed by atoms with Crippen molar-refractivity contribution in [2.24, 2.45) is 3.34 Å². The summed E-state index contributed by atoms with van der Waals surface area (Å²) in [4.78, 5) is 33.7. The molecule has 1 saturated heterocycles. The van der Waals surface area contributed by atoms with Gasteiger partial charge in [-0.05, 0) is 108 Å². The zero-order chi connectivity index (χ0) is 53.9. The number of aromatic nitrogens is 4. The SMILES string of the molecule is C1CCOC1.CCCc1cc(C(=O)CC)cc(CCC)c1OC(C#N)c1ccc(C(C)C)cc1.CCCc1cc(C(=O)CC)cc(CCC)c1OC(c1ccc(C(C)C)cc1)c1nn[nH]n1.[CH3][Sn]([CH3])([CH3])[N]=[N+]=[N-]. The topological polar surface area (TPSA) is 189 Å².